The first kappa shape index (κ1) is 18.5. The largest absolute Gasteiger partial charge is 0.481 e. The van der Waals surface area contributed by atoms with Crippen LogP contribution in [0.5, 0.6) is 5.88 Å². The van der Waals surface area contributed by atoms with Gasteiger partial charge in [0, 0.05) is 26.2 Å². The van der Waals surface area contributed by atoms with E-state index in [9.17, 15) is 9.59 Å². The molecule has 0 aromatic carbocycles. The number of ether oxygens (including phenoxy) is 1. The minimum atomic E-state index is -0.140. The van der Waals surface area contributed by atoms with Crippen molar-refractivity contribution in [2.75, 3.05) is 27.2 Å². The Hall–Kier alpha value is -2.90. The van der Waals surface area contributed by atoms with E-state index in [0.717, 1.165) is 12.1 Å². The number of pyridine rings is 1. The molecule has 4 atom stereocenters. The fourth-order valence-corrected chi connectivity index (χ4v) is 4.54. The van der Waals surface area contributed by atoms with Crippen molar-refractivity contribution in [1.82, 2.24) is 20.5 Å². The Labute approximate surface area is 164 Å². The molecule has 8 nitrogen and oxygen atoms in total. The predicted molar refractivity (Wildman–Crippen MR) is 103 cm³/mol. The van der Waals surface area contributed by atoms with Crippen molar-refractivity contribution in [1.29, 1.82) is 0 Å². The first-order chi connectivity index (χ1) is 13.6. The van der Waals surface area contributed by atoms with Crippen LogP contribution in [0, 0.1) is 23.7 Å². The Kier molecular flexibility index (Phi) is 5.02. The smallest absolute Gasteiger partial charge is 0.233 e. The third kappa shape index (κ3) is 3.23. The van der Waals surface area contributed by atoms with Crippen LogP contribution in [0.15, 0.2) is 35.3 Å². The molecule has 2 amide bonds. The van der Waals surface area contributed by atoms with Gasteiger partial charge in [-0.15, -0.1) is 0 Å². The van der Waals surface area contributed by atoms with Crippen molar-refractivity contribution >= 4 is 17.8 Å². The third-order valence-corrected chi connectivity index (χ3v) is 5.84. The molecule has 0 spiro atoms. The molecule has 1 aliphatic heterocycles. The molecule has 8 heteroatoms. The topological polar surface area (TPSA) is 95.9 Å². The Bertz CT molecular complexity index is 807. The number of aliphatic imine (C=N–C) groups is 1. The Balaban J connectivity index is 1.27. The lowest BCUT2D eigenvalue weighted by Gasteiger charge is -2.18. The van der Waals surface area contributed by atoms with E-state index in [1.807, 2.05) is 12.1 Å². The second-order valence-corrected chi connectivity index (χ2v) is 7.35. The molecule has 148 valence electrons. The zero-order valence-electron chi connectivity index (χ0n) is 16.1. The van der Waals surface area contributed by atoms with Crippen molar-refractivity contribution in [3.05, 3.63) is 36.0 Å². The zero-order valence-corrected chi connectivity index (χ0v) is 16.1. The maximum atomic E-state index is 12.7. The number of likely N-dealkylation sites (tertiary alicyclic amines) is 1. The summed E-state index contributed by atoms with van der Waals surface area (Å²) in [6.45, 7) is 1.28. The van der Waals surface area contributed by atoms with Gasteiger partial charge in [-0.05, 0) is 24.3 Å². The van der Waals surface area contributed by atoms with Gasteiger partial charge in [-0.25, -0.2) is 4.98 Å². The summed E-state index contributed by atoms with van der Waals surface area (Å²) in [6, 6.07) is 5.56. The Morgan fingerprint density at radius 3 is 2.57 bits per heavy atom. The molecule has 1 aromatic heterocycles. The van der Waals surface area contributed by atoms with Crippen molar-refractivity contribution in [2.45, 2.75) is 13.0 Å². The van der Waals surface area contributed by atoms with Gasteiger partial charge in [0.05, 0.1) is 31.2 Å². The van der Waals surface area contributed by atoms with Crippen LogP contribution in [0.25, 0.3) is 0 Å². The van der Waals surface area contributed by atoms with Crippen LogP contribution in [0.3, 0.4) is 0 Å². The number of carbonyl (C=O) groups excluding carboxylic acids is 2. The number of hydrogen-bond donors (Lipinski definition) is 2. The second kappa shape index (κ2) is 7.61. The number of guanidine groups is 1. The summed E-state index contributed by atoms with van der Waals surface area (Å²) in [5, 5.41) is 6.33. The predicted octanol–water partition coefficient (Wildman–Crippen LogP) is 0.562. The lowest BCUT2D eigenvalue weighted by molar-refractivity contribution is -0.140. The number of nitrogens with one attached hydrogen (secondary N) is 2. The average molecular weight is 383 g/mol. The zero-order chi connectivity index (χ0) is 19.7. The summed E-state index contributed by atoms with van der Waals surface area (Å²) in [4.78, 5) is 35.3. The molecule has 1 saturated carbocycles. The maximum absolute atomic E-state index is 12.7. The van der Waals surface area contributed by atoms with E-state index in [1.54, 1.807) is 20.2 Å². The minimum Gasteiger partial charge on any atom is -0.481 e. The first-order valence-electron chi connectivity index (χ1n) is 9.60. The van der Waals surface area contributed by atoms with Gasteiger partial charge in [0.25, 0.3) is 0 Å². The van der Waals surface area contributed by atoms with E-state index in [0.29, 0.717) is 31.5 Å². The van der Waals surface area contributed by atoms with Gasteiger partial charge in [-0.1, -0.05) is 18.2 Å². The number of allylic oxidation sites excluding steroid dienone is 2. The summed E-state index contributed by atoms with van der Waals surface area (Å²) in [5.74, 6) is 1.32. The van der Waals surface area contributed by atoms with Crippen LogP contribution >= 0.6 is 0 Å². The van der Waals surface area contributed by atoms with Gasteiger partial charge < -0.3 is 15.4 Å². The molecule has 2 aliphatic carbocycles. The molecule has 2 bridgehead atoms. The van der Waals surface area contributed by atoms with Gasteiger partial charge >= 0.3 is 0 Å². The van der Waals surface area contributed by atoms with Gasteiger partial charge in [0.2, 0.25) is 17.7 Å². The van der Waals surface area contributed by atoms with E-state index in [-0.39, 0.29) is 35.5 Å². The van der Waals surface area contributed by atoms with Crippen LogP contribution in [0.2, 0.25) is 0 Å². The maximum Gasteiger partial charge on any atom is 0.233 e. The minimum absolute atomic E-state index is 0.0165. The number of methoxy groups -OCH3 is 1. The fraction of sp³-hybridized carbons (Fsp3) is 0.500. The number of rotatable bonds is 6. The number of carbonyl (C=O) groups is 2. The summed E-state index contributed by atoms with van der Waals surface area (Å²) >= 11 is 0. The summed E-state index contributed by atoms with van der Waals surface area (Å²) in [6.07, 6.45) is 5.17. The van der Waals surface area contributed by atoms with E-state index in [1.165, 1.54) is 4.90 Å². The Morgan fingerprint density at radius 1 is 1.21 bits per heavy atom. The highest BCUT2D eigenvalue weighted by molar-refractivity contribution is 6.06. The van der Waals surface area contributed by atoms with E-state index >= 15 is 0 Å². The standard InChI is InChI=1S/C20H25N5O3/c1-21-20(23-11-14-4-3-5-15(24-14)28-2)22-8-9-25-18(26)16-12-6-7-13(10-12)17(16)19(25)27/h3-7,12-13,16-17H,8-11H2,1-2H3,(H2,21,22,23). The molecule has 2 fully saturated rings. The van der Waals surface area contributed by atoms with E-state index < -0.39 is 0 Å². The number of amides is 2. The molecule has 0 radical (unpaired) electrons. The van der Waals surface area contributed by atoms with Gasteiger partial charge in [0.1, 0.15) is 0 Å². The number of fused-ring (bicyclic) bond motifs is 5. The molecule has 1 saturated heterocycles. The molecular weight excluding hydrogens is 358 g/mol. The van der Waals surface area contributed by atoms with Gasteiger partial charge in [-0.2, -0.15) is 0 Å². The quantitative estimate of drug-likeness (QED) is 0.323. The van der Waals surface area contributed by atoms with E-state index in [2.05, 4.69) is 32.8 Å². The molecule has 2 heterocycles. The highest BCUT2D eigenvalue weighted by atomic mass is 16.5. The van der Waals surface area contributed by atoms with Crippen LogP contribution in [-0.2, 0) is 16.1 Å². The van der Waals surface area contributed by atoms with Crippen molar-refractivity contribution in [3.63, 3.8) is 0 Å². The van der Waals surface area contributed by atoms with Crippen LogP contribution < -0.4 is 15.4 Å². The second-order valence-electron chi connectivity index (χ2n) is 7.35. The lowest BCUT2D eigenvalue weighted by Crippen LogP contribution is -2.43. The summed E-state index contributed by atoms with van der Waals surface area (Å²) in [5.41, 5.74) is 0.822. The molecule has 1 aromatic rings. The highest BCUT2D eigenvalue weighted by Crippen LogP contribution is 2.52. The summed E-state index contributed by atoms with van der Waals surface area (Å²) in [7, 11) is 3.25. The fourth-order valence-electron chi connectivity index (χ4n) is 4.54. The first-order valence-corrected chi connectivity index (χ1v) is 9.60. The highest BCUT2D eigenvalue weighted by Gasteiger charge is 2.58. The average Bonchev–Trinajstić information content (AvgIpc) is 3.40. The number of hydrogen-bond acceptors (Lipinski definition) is 5. The number of nitrogens with zero attached hydrogens (tertiary/aromatic N) is 3. The molecular formula is C20H25N5O3. The number of aromatic nitrogens is 1. The number of imide groups is 1. The third-order valence-electron chi connectivity index (χ3n) is 5.84. The molecule has 2 N–H and O–H groups in total. The van der Waals surface area contributed by atoms with Gasteiger partial charge in [0.15, 0.2) is 5.96 Å². The monoisotopic (exact) mass is 383 g/mol. The lowest BCUT2D eigenvalue weighted by atomic mass is 9.85. The van der Waals surface area contributed by atoms with Crippen molar-refractivity contribution in [2.24, 2.45) is 28.7 Å². The van der Waals surface area contributed by atoms with Crippen LogP contribution in [-0.4, -0.2) is 54.9 Å². The van der Waals surface area contributed by atoms with Crippen molar-refractivity contribution in [3.8, 4) is 5.88 Å². The summed E-state index contributed by atoms with van der Waals surface area (Å²) < 4.78 is 5.12. The van der Waals surface area contributed by atoms with Crippen molar-refractivity contribution < 1.29 is 14.3 Å². The normalized spacial score (nSPS) is 28.1. The van der Waals surface area contributed by atoms with Gasteiger partial charge in [-0.3, -0.25) is 19.5 Å². The molecule has 4 rings (SSSR count). The molecule has 3 aliphatic rings. The Morgan fingerprint density at radius 2 is 1.93 bits per heavy atom. The molecule has 4 unspecified atom stereocenters. The molecule has 28 heavy (non-hydrogen) atoms. The van der Waals surface area contributed by atoms with E-state index in [4.69, 9.17) is 4.74 Å². The van der Waals surface area contributed by atoms with Crippen LogP contribution in [0.1, 0.15) is 12.1 Å². The van der Waals surface area contributed by atoms with Crippen LogP contribution in [0.4, 0.5) is 0 Å². The SMILES string of the molecule is CN=C(NCCN1C(=O)C2C3C=CC(C3)C2C1=O)NCc1cccc(OC)n1.